The van der Waals surface area contributed by atoms with Crippen LogP contribution in [-0.4, -0.2) is 120 Å². The molecular formula is C33H63N9O9S. The molecule has 0 aromatic rings. The van der Waals surface area contributed by atoms with E-state index >= 15 is 0 Å². The first-order valence-corrected chi connectivity index (χ1v) is 19.3. The minimum Gasteiger partial charge on any atom is -0.481 e. The minimum atomic E-state index is -1.40. The molecule has 300 valence electrons. The fourth-order valence-electron chi connectivity index (χ4n) is 5.13. The van der Waals surface area contributed by atoms with Gasteiger partial charge in [-0.25, -0.2) is 4.79 Å². The molecule has 0 unspecified atom stereocenters. The summed E-state index contributed by atoms with van der Waals surface area (Å²) in [7, 11) is 0. The maximum atomic E-state index is 13.7. The number of hydrogen-bond donors (Lipinski definition) is 11. The molecule has 19 heteroatoms. The van der Waals surface area contributed by atoms with Crippen LogP contribution in [0.5, 0.6) is 0 Å². The van der Waals surface area contributed by atoms with Gasteiger partial charge >= 0.3 is 11.9 Å². The van der Waals surface area contributed by atoms with Crippen LogP contribution in [0.1, 0.15) is 90.9 Å². The topological polar surface area (TPSA) is 324 Å². The number of carbonyl (C=O) groups excluding carboxylic acids is 5. The molecule has 0 aromatic heterocycles. The molecule has 0 aliphatic rings. The fraction of sp³-hybridized carbons (Fsp3) is 0.788. The van der Waals surface area contributed by atoms with E-state index in [2.05, 4.69) is 26.6 Å². The van der Waals surface area contributed by atoms with Crippen molar-refractivity contribution in [2.45, 2.75) is 127 Å². The smallest absolute Gasteiger partial charge is 0.326 e. The molecule has 0 bridgehead atoms. The Balaban J connectivity index is 6.16. The van der Waals surface area contributed by atoms with Crippen LogP contribution in [0.3, 0.4) is 0 Å². The van der Waals surface area contributed by atoms with Gasteiger partial charge in [0.1, 0.15) is 30.2 Å². The molecule has 0 aromatic carbocycles. The van der Waals surface area contributed by atoms with E-state index in [1.54, 1.807) is 0 Å². The molecule has 0 aliphatic heterocycles. The van der Waals surface area contributed by atoms with Crippen molar-refractivity contribution in [2.24, 2.45) is 28.9 Å². The predicted octanol–water partition coefficient (Wildman–Crippen LogP) is -1.52. The number of carboxylic acid groups (broad SMARTS) is 2. The summed E-state index contributed by atoms with van der Waals surface area (Å²) in [5.74, 6) is -5.70. The van der Waals surface area contributed by atoms with Crippen LogP contribution in [-0.2, 0) is 33.6 Å². The molecule has 0 saturated heterocycles. The van der Waals surface area contributed by atoms with Crippen molar-refractivity contribution in [3.8, 4) is 0 Å². The number of unbranched alkanes of at least 4 members (excludes halogenated alkanes) is 3. The van der Waals surface area contributed by atoms with Crippen molar-refractivity contribution in [1.29, 1.82) is 0 Å². The Morgan fingerprint density at radius 2 is 0.923 bits per heavy atom. The third-order valence-corrected chi connectivity index (χ3v) is 8.68. The number of hydrogen-bond acceptors (Lipinski definition) is 12. The van der Waals surface area contributed by atoms with Gasteiger partial charge in [0, 0.05) is 0 Å². The molecule has 5 amide bonds. The highest BCUT2D eigenvalue weighted by molar-refractivity contribution is 7.98. The second-order valence-corrected chi connectivity index (χ2v) is 14.1. The van der Waals surface area contributed by atoms with Gasteiger partial charge in [-0.2, -0.15) is 11.8 Å². The van der Waals surface area contributed by atoms with Crippen LogP contribution in [0.25, 0.3) is 0 Å². The summed E-state index contributed by atoms with van der Waals surface area (Å²) in [4.78, 5) is 89.7. The number of nitrogens with two attached hydrogens (primary N) is 4. The molecule has 0 saturated carbocycles. The Hall–Kier alpha value is -3.52. The monoisotopic (exact) mass is 761 g/mol. The molecule has 15 N–H and O–H groups in total. The quantitative estimate of drug-likeness (QED) is 0.0371. The summed E-state index contributed by atoms with van der Waals surface area (Å²) in [5.41, 5.74) is 22.5. The van der Waals surface area contributed by atoms with Gasteiger partial charge in [-0.3, -0.25) is 28.8 Å². The van der Waals surface area contributed by atoms with E-state index in [1.807, 2.05) is 20.1 Å². The summed E-state index contributed by atoms with van der Waals surface area (Å²) in [6.45, 7) is 4.68. The van der Waals surface area contributed by atoms with Gasteiger partial charge in [-0.1, -0.05) is 13.8 Å². The number of rotatable bonds is 30. The Kier molecular flexibility index (Phi) is 26.1. The van der Waals surface area contributed by atoms with Gasteiger partial charge in [0.15, 0.2) is 0 Å². The van der Waals surface area contributed by atoms with E-state index < -0.39 is 84.1 Å². The first-order valence-electron chi connectivity index (χ1n) is 17.9. The summed E-state index contributed by atoms with van der Waals surface area (Å²) >= 11 is 1.43. The van der Waals surface area contributed by atoms with Crippen molar-refractivity contribution in [3.63, 3.8) is 0 Å². The maximum absolute atomic E-state index is 13.7. The normalized spacial score (nSPS) is 14.6. The second kappa shape index (κ2) is 28.0. The molecule has 0 rings (SSSR count). The average Bonchev–Trinajstić information content (AvgIpc) is 3.07. The lowest BCUT2D eigenvalue weighted by atomic mass is 10.0. The van der Waals surface area contributed by atoms with Crippen molar-refractivity contribution >= 4 is 53.2 Å². The van der Waals surface area contributed by atoms with Gasteiger partial charge in [0.25, 0.3) is 0 Å². The van der Waals surface area contributed by atoms with Crippen LogP contribution < -0.4 is 49.5 Å². The van der Waals surface area contributed by atoms with E-state index in [1.165, 1.54) is 11.8 Å². The zero-order valence-electron chi connectivity index (χ0n) is 30.8. The Morgan fingerprint density at radius 1 is 0.558 bits per heavy atom. The van der Waals surface area contributed by atoms with Gasteiger partial charge in [0.05, 0.1) is 12.5 Å². The largest absolute Gasteiger partial charge is 0.481 e. The number of amides is 5. The lowest BCUT2D eigenvalue weighted by Crippen LogP contribution is -2.59. The third kappa shape index (κ3) is 21.1. The highest BCUT2D eigenvalue weighted by Gasteiger charge is 2.33. The first kappa shape index (κ1) is 48.5. The van der Waals surface area contributed by atoms with Gasteiger partial charge in [0.2, 0.25) is 29.5 Å². The van der Waals surface area contributed by atoms with Crippen molar-refractivity contribution in [3.05, 3.63) is 0 Å². The summed E-state index contributed by atoms with van der Waals surface area (Å²) < 4.78 is 0. The zero-order valence-corrected chi connectivity index (χ0v) is 31.6. The second-order valence-electron chi connectivity index (χ2n) is 13.1. The van der Waals surface area contributed by atoms with Crippen molar-refractivity contribution in [2.75, 3.05) is 31.6 Å². The Morgan fingerprint density at radius 3 is 1.29 bits per heavy atom. The number of carboxylic acids is 2. The molecule has 0 spiro atoms. The van der Waals surface area contributed by atoms with Crippen LogP contribution in [0.15, 0.2) is 0 Å². The summed E-state index contributed by atoms with van der Waals surface area (Å²) in [6.07, 6.45) is 5.04. The Labute approximate surface area is 310 Å². The number of aliphatic carboxylic acids is 2. The van der Waals surface area contributed by atoms with Gasteiger partial charge in [-0.15, -0.1) is 0 Å². The highest BCUT2D eigenvalue weighted by atomic mass is 32.2. The molecule has 0 heterocycles. The molecule has 52 heavy (non-hydrogen) atoms. The lowest BCUT2D eigenvalue weighted by Gasteiger charge is -2.27. The zero-order chi connectivity index (χ0) is 39.6. The predicted molar refractivity (Wildman–Crippen MR) is 199 cm³/mol. The summed E-state index contributed by atoms with van der Waals surface area (Å²) in [5, 5.41) is 31.8. The van der Waals surface area contributed by atoms with E-state index in [9.17, 15) is 38.7 Å². The molecule has 6 atom stereocenters. The molecule has 18 nitrogen and oxygen atoms in total. The SMILES string of the molecule is CSCC[C@H](NC(=O)[C@H](CCCCN)NC(=O)[C@H](CC(C)C)NC(=O)[C@@H](N)CC(=O)O)C(=O)N[C@@H](CCCCN)C(=O)N[C@@H](CCCCN)C(=O)O. The molecule has 0 radical (unpaired) electrons. The van der Waals surface area contributed by atoms with Crippen LogP contribution in [0, 0.1) is 5.92 Å². The van der Waals surface area contributed by atoms with Crippen LogP contribution in [0.2, 0.25) is 0 Å². The van der Waals surface area contributed by atoms with E-state index in [0.29, 0.717) is 63.9 Å². The standard InChI is InChI=1S/C33H63N9O9S/c1-20(2)18-26(42-28(45)21(37)19-27(43)44)32(49)39-22(10-4-7-14-34)29(46)40-24(13-17-52-3)31(48)38-23(11-5-8-15-35)30(47)41-25(33(50)51)12-6-9-16-36/h20-26H,4-19,34-37H2,1-3H3,(H,38,48)(H,39,49)(H,40,46)(H,41,47)(H,42,45)(H,43,44)(H,50,51)/t21-,22-,23-,24-,25-,26-/m0/s1. The third-order valence-electron chi connectivity index (χ3n) is 8.04. The van der Waals surface area contributed by atoms with Crippen LogP contribution >= 0.6 is 11.8 Å². The summed E-state index contributed by atoms with van der Waals surface area (Å²) in [6, 6.07) is -7.10. The molecule has 0 fully saturated rings. The van der Waals surface area contributed by atoms with Gasteiger partial charge < -0.3 is 59.7 Å². The van der Waals surface area contributed by atoms with E-state index in [4.69, 9.17) is 28.0 Å². The molecule has 0 aliphatic carbocycles. The van der Waals surface area contributed by atoms with E-state index in [-0.39, 0.29) is 38.0 Å². The number of nitrogens with one attached hydrogen (secondary N) is 5. The highest BCUT2D eigenvalue weighted by Crippen LogP contribution is 2.11. The Bertz CT molecular complexity index is 1130. The van der Waals surface area contributed by atoms with E-state index in [0.717, 1.165) is 0 Å². The van der Waals surface area contributed by atoms with Crippen LogP contribution in [0.4, 0.5) is 0 Å². The molecular weight excluding hydrogens is 698 g/mol. The first-order chi connectivity index (χ1) is 24.6. The minimum absolute atomic E-state index is 0.0809. The fourth-order valence-corrected chi connectivity index (χ4v) is 5.60. The lowest BCUT2D eigenvalue weighted by molar-refractivity contribution is -0.142. The maximum Gasteiger partial charge on any atom is 0.326 e. The number of carbonyl (C=O) groups is 7. The van der Waals surface area contributed by atoms with Gasteiger partial charge in [-0.05, 0) is 108 Å². The van der Waals surface area contributed by atoms with Crippen molar-refractivity contribution < 1.29 is 43.8 Å². The van der Waals surface area contributed by atoms with Crippen molar-refractivity contribution in [1.82, 2.24) is 26.6 Å². The number of thioether (sulfide) groups is 1. The average molecular weight is 762 g/mol.